The van der Waals surface area contributed by atoms with Crippen molar-refractivity contribution in [2.75, 3.05) is 0 Å². The lowest BCUT2D eigenvalue weighted by Gasteiger charge is -2.24. The summed E-state index contributed by atoms with van der Waals surface area (Å²) in [4.78, 5) is 0. The SMILES string of the molecule is CCCC(C)(C)NS(=O)(=O)c1ccc(CO)o1. The summed E-state index contributed by atoms with van der Waals surface area (Å²) in [5.74, 6) is 0.235. The van der Waals surface area contributed by atoms with E-state index in [1.807, 2.05) is 20.8 Å². The number of hydrogen-bond acceptors (Lipinski definition) is 4. The van der Waals surface area contributed by atoms with Gasteiger partial charge in [0.05, 0.1) is 0 Å². The molecule has 0 amide bonds. The van der Waals surface area contributed by atoms with Crippen molar-refractivity contribution in [2.24, 2.45) is 0 Å². The van der Waals surface area contributed by atoms with Gasteiger partial charge in [-0.25, -0.2) is 13.1 Å². The molecule has 0 aromatic carbocycles. The van der Waals surface area contributed by atoms with E-state index in [1.54, 1.807) is 0 Å². The van der Waals surface area contributed by atoms with Crippen LogP contribution in [0.3, 0.4) is 0 Å². The Bertz CT molecular complexity index is 462. The highest BCUT2D eigenvalue weighted by Crippen LogP contribution is 2.19. The Labute approximate surface area is 102 Å². The molecule has 0 saturated heterocycles. The predicted octanol–water partition coefficient (Wildman–Crippen LogP) is 1.63. The van der Waals surface area contributed by atoms with Crippen LogP contribution >= 0.6 is 0 Å². The van der Waals surface area contributed by atoms with Gasteiger partial charge >= 0.3 is 0 Å². The van der Waals surface area contributed by atoms with Gasteiger partial charge in [0, 0.05) is 5.54 Å². The molecule has 1 heterocycles. The maximum absolute atomic E-state index is 12.0. The fraction of sp³-hybridized carbons (Fsp3) is 0.636. The van der Waals surface area contributed by atoms with Crippen molar-refractivity contribution in [3.05, 3.63) is 17.9 Å². The van der Waals surface area contributed by atoms with Crippen molar-refractivity contribution < 1.29 is 17.9 Å². The summed E-state index contributed by atoms with van der Waals surface area (Å²) in [7, 11) is -3.66. The summed E-state index contributed by atoms with van der Waals surface area (Å²) in [5, 5.41) is 8.66. The summed E-state index contributed by atoms with van der Waals surface area (Å²) in [6.45, 7) is 5.33. The molecule has 0 unspecified atom stereocenters. The molecule has 1 aromatic rings. The van der Waals surface area contributed by atoms with Crippen LogP contribution in [0, 0.1) is 0 Å². The van der Waals surface area contributed by atoms with Crippen LogP contribution in [0.2, 0.25) is 0 Å². The number of hydrogen-bond donors (Lipinski definition) is 2. The van der Waals surface area contributed by atoms with E-state index in [0.29, 0.717) is 0 Å². The third kappa shape index (κ3) is 3.83. The normalized spacial score (nSPS) is 12.9. The standard InChI is InChI=1S/C11H19NO4S/c1-4-7-11(2,3)12-17(14,15)10-6-5-9(8-13)16-10/h5-6,12-13H,4,7-8H2,1-3H3. The summed E-state index contributed by atoms with van der Waals surface area (Å²) < 4.78 is 31.5. The first kappa shape index (κ1) is 14.2. The Balaban J connectivity index is 2.88. The van der Waals surface area contributed by atoms with Crippen LogP contribution in [-0.4, -0.2) is 19.1 Å². The molecule has 5 nitrogen and oxygen atoms in total. The lowest BCUT2D eigenvalue weighted by molar-refractivity contribution is 0.236. The Morgan fingerprint density at radius 3 is 2.53 bits per heavy atom. The Morgan fingerprint density at radius 2 is 2.06 bits per heavy atom. The van der Waals surface area contributed by atoms with Crippen LogP contribution in [0.1, 0.15) is 39.4 Å². The lowest BCUT2D eigenvalue weighted by Crippen LogP contribution is -2.42. The van der Waals surface area contributed by atoms with E-state index in [2.05, 4.69) is 4.72 Å². The Hall–Kier alpha value is -0.850. The first-order valence-electron chi connectivity index (χ1n) is 5.54. The van der Waals surface area contributed by atoms with Crippen LogP contribution < -0.4 is 4.72 Å². The van der Waals surface area contributed by atoms with Gasteiger partial charge in [-0.05, 0) is 32.4 Å². The van der Waals surface area contributed by atoms with Crippen LogP contribution in [0.15, 0.2) is 21.6 Å². The topological polar surface area (TPSA) is 79.5 Å². The largest absolute Gasteiger partial charge is 0.446 e. The van der Waals surface area contributed by atoms with Crippen LogP contribution in [0.5, 0.6) is 0 Å². The quantitative estimate of drug-likeness (QED) is 0.815. The zero-order chi connectivity index (χ0) is 13.1. The first-order valence-corrected chi connectivity index (χ1v) is 7.02. The Kier molecular flexibility index (Phi) is 4.35. The highest BCUT2D eigenvalue weighted by atomic mass is 32.2. The number of aliphatic hydroxyl groups excluding tert-OH is 1. The number of nitrogens with one attached hydrogen (secondary N) is 1. The van der Waals surface area contributed by atoms with E-state index in [-0.39, 0.29) is 17.5 Å². The van der Waals surface area contributed by atoms with Gasteiger partial charge in [-0.2, -0.15) is 0 Å². The molecular formula is C11H19NO4S. The molecule has 0 aliphatic carbocycles. The Morgan fingerprint density at radius 1 is 1.41 bits per heavy atom. The van der Waals surface area contributed by atoms with E-state index >= 15 is 0 Å². The van der Waals surface area contributed by atoms with Crippen LogP contribution in [-0.2, 0) is 16.6 Å². The molecule has 0 fully saturated rings. The molecule has 17 heavy (non-hydrogen) atoms. The van der Waals surface area contributed by atoms with E-state index in [9.17, 15) is 8.42 Å². The third-order valence-corrected chi connectivity index (χ3v) is 3.91. The molecule has 0 bridgehead atoms. The van der Waals surface area contributed by atoms with Crippen molar-refractivity contribution in [3.63, 3.8) is 0 Å². The van der Waals surface area contributed by atoms with Crippen molar-refractivity contribution in [2.45, 2.75) is 50.9 Å². The minimum Gasteiger partial charge on any atom is -0.446 e. The molecule has 1 rings (SSSR count). The average Bonchev–Trinajstić information content (AvgIpc) is 2.64. The lowest BCUT2D eigenvalue weighted by atomic mass is 10.0. The van der Waals surface area contributed by atoms with Gasteiger partial charge in [0.1, 0.15) is 12.4 Å². The molecule has 1 aromatic heterocycles. The van der Waals surface area contributed by atoms with Crippen molar-refractivity contribution >= 4 is 10.0 Å². The van der Waals surface area contributed by atoms with Crippen LogP contribution in [0.25, 0.3) is 0 Å². The summed E-state index contributed by atoms with van der Waals surface area (Å²) >= 11 is 0. The second-order valence-corrected chi connectivity index (χ2v) is 6.23. The van der Waals surface area contributed by atoms with Crippen LogP contribution in [0.4, 0.5) is 0 Å². The summed E-state index contributed by atoms with van der Waals surface area (Å²) in [6, 6.07) is 2.79. The molecule has 0 aliphatic heterocycles. The maximum atomic E-state index is 12.0. The maximum Gasteiger partial charge on any atom is 0.274 e. The van der Waals surface area contributed by atoms with Gasteiger partial charge in [-0.1, -0.05) is 13.3 Å². The van der Waals surface area contributed by atoms with Gasteiger partial charge in [0.25, 0.3) is 10.0 Å². The van der Waals surface area contributed by atoms with Crippen molar-refractivity contribution in [1.82, 2.24) is 4.72 Å². The highest BCUT2D eigenvalue weighted by Gasteiger charge is 2.27. The van der Waals surface area contributed by atoms with E-state index in [4.69, 9.17) is 9.52 Å². The summed E-state index contributed by atoms with van der Waals surface area (Å²) in [6.07, 6.45) is 1.62. The molecule has 6 heteroatoms. The monoisotopic (exact) mass is 261 g/mol. The van der Waals surface area contributed by atoms with Crippen molar-refractivity contribution in [3.8, 4) is 0 Å². The first-order chi connectivity index (χ1) is 7.80. The zero-order valence-corrected chi connectivity index (χ0v) is 11.2. The van der Waals surface area contributed by atoms with E-state index in [1.165, 1.54) is 12.1 Å². The third-order valence-electron chi connectivity index (χ3n) is 2.34. The van der Waals surface area contributed by atoms with Gasteiger partial charge in [0.2, 0.25) is 5.09 Å². The molecule has 0 atom stereocenters. The minimum atomic E-state index is -3.66. The molecule has 0 radical (unpaired) electrons. The fourth-order valence-electron chi connectivity index (χ4n) is 1.68. The molecular weight excluding hydrogens is 242 g/mol. The average molecular weight is 261 g/mol. The molecule has 2 N–H and O–H groups in total. The molecule has 0 saturated carbocycles. The molecule has 0 aliphatic rings. The van der Waals surface area contributed by atoms with Gasteiger partial charge in [-0.15, -0.1) is 0 Å². The van der Waals surface area contributed by atoms with Gasteiger partial charge in [0.15, 0.2) is 0 Å². The number of aliphatic hydroxyl groups is 1. The van der Waals surface area contributed by atoms with Gasteiger partial charge < -0.3 is 9.52 Å². The zero-order valence-electron chi connectivity index (χ0n) is 10.4. The van der Waals surface area contributed by atoms with E-state index in [0.717, 1.165) is 12.8 Å². The predicted molar refractivity (Wildman–Crippen MR) is 63.9 cm³/mol. The highest BCUT2D eigenvalue weighted by molar-refractivity contribution is 7.89. The minimum absolute atomic E-state index is 0.161. The second-order valence-electron chi connectivity index (χ2n) is 4.62. The van der Waals surface area contributed by atoms with Gasteiger partial charge in [-0.3, -0.25) is 0 Å². The fourth-order valence-corrected chi connectivity index (χ4v) is 3.07. The smallest absolute Gasteiger partial charge is 0.274 e. The second kappa shape index (κ2) is 5.20. The summed E-state index contributed by atoms with van der Waals surface area (Å²) in [5.41, 5.74) is -0.514. The van der Waals surface area contributed by atoms with Crippen molar-refractivity contribution in [1.29, 1.82) is 0 Å². The molecule has 0 spiro atoms. The van der Waals surface area contributed by atoms with E-state index < -0.39 is 15.6 Å². The molecule has 98 valence electrons. The number of sulfonamides is 1. The number of rotatable bonds is 6. The number of furan rings is 1.